The van der Waals surface area contributed by atoms with Gasteiger partial charge < -0.3 is 22.1 Å². The van der Waals surface area contributed by atoms with Crippen molar-refractivity contribution in [3.63, 3.8) is 0 Å². The largest absolute Gasteiger partial charge is 0.353 e. The molecule has 0 aliphatic rings. The molecule has 0 saturated carbocycles. The van der Waals surface area contributed by atoms with Crippen molar-refractivity contribution in [1.29, 1.82) is 0 Å². The molecule has 0 fully saturated rings. The Morgan fingerprint density at radius 2 is 1.17 bits per heavy atom. The van der Waals surface area contributed by atoms with E-state index in [-0.39, 0.29) is 11.8 Å². The molecule has 0 aromatic heterocycles. The highest BCUT2D eigenvalue weighted by molar-refractivity contribution is 5.96. The Labute approximate surface area is 108 Å². The molecule has 0 aromatic rings. The highest BCUT2D eigenvalue weighted by Gasteiger charge is 1.97. The second-order valence-corrected chi connectivity index (χ2v) is 3.91. The molecule has 0 aromatic carbocycles. The average molecular weight is 256 g/mol. The first-order valence-electron chi connectivity index (χ1n) is 6.34. The summed E-state index contributed by atoms with van der Waals surface area (Å²) in [6, 6.07) is 0. The molecular formula is C12H24N4O2. The van der Waals surface area contributed by atoms with Gasteiger partial charge in [0.05, 0.1) is 0 Å². The molecule has 18 heavy (non-hydrogen) atoms. The van der Waals surface area contributed by atoms with Gasteiger partial charge in [0.2, 0.25) is 11.8 Å². The Morgan fingerprint density at radius 3 is 1.50 bits per heavy atom. The number of carbonyl (C=O) groups excluding carboxylic acids is 2. The molecule has 0 radical (unpaired) electrons. The Bertz CT molecular complexity index is 241. The monoisotopic (exact) mass is 256 g/mol. The van der Waals surface area contributed by atoms with Crippen LogP contribution in [0.2, 0.25) is 0 Å². The van der Waals surface area contributed by atoms with Crippen molar-refractivity contribution in [2.45, 2.75) is 25.7 Å². The molecule has 0 aliphatic carbocycles. The normalized spacial score (nSPS) is 10.6. The average Bonchev–Trinajstić information content (AvgIpc) is 2.37. The van der Waals surface area contributed by atoms with E-state index >= 15 is 0 Å². The number of amides is 2. The fourth-order valence-electron chi connectivity index (χ4n) is 1.23. The summed E-state index contributed by atoms with van der Waals surface area (Å²) < 4.78 is 0. The van der Waals surface area contributed by atoms with Crippen molar-refractivity contribution in [2.75, 3.05) is 26.2 Å². The first kappa shape index (κ1) is 16.6. The predicted octanol–water partition coefficient (Wildman–Crippen LogP) is -0.747. The van der Waals surface area contributed by atoms with Gasteiger partial charge >= 0.3 is 0 Å². The van der Waals surface area contributed by atoms with Gasteiger partial charge in [-0.25, -0.2) is 0 Å². The number of nitrogens with one attached hydrogen (secondary N) is 2. The molecule has 6 N–H and O–H groups in total. The predicted molar refractivity (Wildman–Crippen MR) is 71.7 cm³/mol. The van der Waals surface area contributed by atoms with Crippen LogP contribution in [0, 0.1) is 0 Å². The minimum absolute atomic E-state index is 0.260. The van der Waals surface area contributed by atoms with Crippen LogP contribution in [0.3, 0.4) is 0 Å². The van der Waals surface area contributed by atoms with Crippen LogP contribution < -0.4 is 22.1 Å². The quantitative estimate of drug-likeness (QED) is 0.304. The second-order valence-electron chi connectivity index (χ2n) is 3.91. The zero-order valence-electron chi connectivity index (χ0n) is 10.8. The van der Waals surface area contributed by atoms with Gasteiger partial charge in [0.15, 0.2) is 0 Å². The molecule has 0 bridgehead atoms. The molecule has 0 unspecified atom stereocenters. The lowest BCUT2D eigenvalue weighted by molar-refractivity contribution is -0.118. The number of nitrogens with two attached hydrogens (primary N) is 2. The van der Waals surface area contributed by atoms with E-state index in [9.17, 15) is 9.59 Å². The van der Waals surface area contributed by atoms with E-state index in [2.05, 4.69) is 10.6 Å². The zero-order valence-corrected chi connectivity index (χ0v) is 10.8. The van der Waals surface area contributed by atoms with Crippen molar-refractivity contribution in [1.82, 2.24) is 10.6 Å². The van der Waals surface area contributed by atoms with Crippen molar-refractivity contribution < 1.29 is 9.59 Å². The third-order valence-electron chi connectivity index (χ3n) is 2.25. The molecule has 6 heteroatoms. The molecule has 0 heterocycles. The summed E-state index contributed by atoms with van der Waals surface area (Å²) in [6.07, 6.45) is 5.93. The van der Waals surface area contributed by atoms with Gasteiger partial charge in [-0.05, 0) is 38.8 Å². The van der Waals surface area contributed by atoms with Crippen molar-refractivity contribution in [3.8, 4) is 0 Å². The zero-order chi connectivity index (χ0) is 13.6. The van der Waals surface area contributed by atoms with Gasteiger partial charge in [0.1, 0.15) is 0 Å². The van der Waals surface area contributed by atoms with E-state index in [1.165, 1.54) is 12.2 Å². The summed E-state index contributed by atoms with van der Waals surface area (Å²) in [5.74, 6) is -0.520. The lowest BCUT2D eigenvalue weighted by atomic mass is 10.3. The summed E-state index contributed by atoms with van der Waals surface area (Å²) in [5.41, 5.74) is 10.6. The van der Waals surface area contributed by atoms with Crippen LogP contribution in [0.15, 0.2) is 12.2 Å². The fourth-order valence-corrected chi connectivity index (χ4v) is 1.23. The van der Waals surface area contributed by atoms with E-state index in [1.54, 1.807) is 0 Å². The lowest BCUT2D eigenvalue weighted by Gasteiger charge is -2.01. The summed E-state index contributed by atoms with van der Waals surface area (Å²) in [5, 5.41) is 5.34. The number of hydrogen-bond donors (Lipinski definition) is 4. The first-order chi connectivity index (χ1) is 8.70. The standard InChI is InChI=1S/C12H24N4O2/c13-7-1-3-9-15-11(17)5-6-12(18)16-10-4-2-8-14/h5-6H,1-4,7-10,13-14H2,(H,15,17)(H,16,18). The van der Waals surface area contributed by atoms with Crippen LogP contribution in [0.5, 0.6) is 0 Å². The second kappa shape index (κ2) is 12.1. The van der Waals surface area contributed by atoms with Crippen molar-refractivity contribution in [2.24, 2.45) is 11.5 Å². The minimum Gasteiger partial charge on any atom is -0.353 e. The maximum atomic E-state index is 11.3. The molecule has 104 valence electrons. The number of unbranched alkanes of at least 4 members (excludes halogenated alkanes) is 2. The Balaban J connectivity index is 3.58. The van der Waals surface area contributed by atoms with E-state index in [0.717, 1.165) is 25.7 Å². The van der Waals surface area contributed by atoms with Gasteiger partial charge in [0.25, 0.3) is 0 Å². The number of rotatable bonds is 10. The van der Waals surface area contributed by atoms with E-state index in [1.807, 2.05) is 0 Å². The van der Waals surface area contributed by atoms with Crippen molar-refractivity contribution >= 4 is 11.8 Å². The molecule has 0 aliphatic heterocycles. The maximum absolute atomic E-state index is 11.3. The lowest BCUT2D eigenvalue weighted by Crippen LogP contribution is -2.25. The fraction of sp³-hybridized carbons (Fsp3) is 0.667. The van der Waals surface area contributed by atoms with Gasteiger partial charge in [-0.1, -0.05) is 0 Å². The van der Waals surface area contributed by atoms with Crippen LogP contribution in [0.4, 0.5) is 0 Å². The Hall–Kier alpha value is -1.40. The Morgan fingerprint density at radius 1 is 0.778 bits per heavy atom. The van der Waals surface area contributed by atoms with Gasteiger partial charge in [-0.15, -0.1) is 0 Å². The summed E-state index contributed by atoms with van der Waals surface area (Å²) >= 11 is 0. The van der Waals surface area contributed by atoms with Crippen LogP contribution in [0.1, 0.15) is 25.7 Å². The number of hydrogen-bond acceptors (Lipinski definition) is 4. The molecule has 0 saturated heterocycles. The molecule has 0 spiro atoms. The van der Waals surface area contributed by atoms with Gasteiger partial charge in [-0.3, -0.25) is 9.59 Å². The maximum Gasteiger partial charge on any atom is 0.244 e. The topological polar surface area (TPSA) is 110 Å². The SMILES string of the molecule is NCCCCNC(=O)C=CC(=O)NCCCCN. The minimum atomic E-state index is -0.260. The molecule has 0 rings (SSSR count). The van der Waals surface area contributed by atoms with Crippen LogP contribution >= 0.6 is 0 Å². The van der Waals surface area contributed by atoms with E-state index < -0.39 is 0 Å². The smallest absolute Gasteiger partial charge is 0.244 e. The van der Waals surface area contributed by atoms with Crippen molar-refractivity contribution in [3.05, 3.63) is 12.2 Å². The van der Waals surface area contributed by atoms with Crippen LogP contribution in [-0.2, 0) is 9.59 Å². The third-order valence-corrected chi connectivity index (χ3v) is 2.25. The highest BCUT2D eigenvalue weighted by Crippen LogP contribution is 1.85. The van der Waals surface area contributed by atoms with Gasteiger partial charge in [0, 0.05) is 25.2 Å². The Kier molecular flexibility index (Phi) is 11.1. The molecular weight excluding hydrogens is 232 g/mol. The summed E-state index contributed by atoms with van der Waals surface area (Å²) in [6.45, 7) is 2.41. The van der Waals surface area contributed by atoms with E-state index in [4.69, 9.17) is 11.5 Å². The summed E-state index contributed by atoms with van der Waals surface area (Å²) in [7, 11) is 0. The molecule has 2 amide bonds. The first-order valence-corrected chi connectivity index (χ1v) is 6.34. The van der Waals surface area contributed by atoms with Gasteiger partial charge in [-0.2, -0.15) is 0 Å². The summed E-state index contributed by atoms with van der Waals surface area (Å²) in [4.78, 5) is 22.5. The molecule has 6 nitrogen and oxygen atoms in total. The van der Waals surface area contributed by atoms with Crippen LogP contribution in [0.25, 0.3) is 0 Å². The number of carbonyl (C=O) groups is 2. The van der Waals surface area contributed by atoms with E-state index in [0.29, 0.717) is 26.2 Å². The van der Waals surface area contributed by atoms with Crippen LogP contribution in [-0.4, -0.2) is 38.0 Å². The highest BCUT2D eigenvalue weighted by atomic mass is 16.2. The molecule has 0 atom stereocenters. The third kappa shape index (κ3) is 11.1.